The molecule has 16 nitrogen and oxygen atoms in total. The molecule has 0 N–H and O–H groups in total. The first-order valence-corrected chi connectivity index (χ1v) is 24.5. The first-order chi connectivity index (χ1) is 37.4. The number of rotatable bonds is 7. The van der Waals surface area contributed by atoms with Gasteiger partial charge in [0.15, 0.2) is 29.0 Å². The summed E-state index contributed by atoms with van der Waals surface area (Å²) >= 11 is 0. The van der Waals surface area contributed by atoms with Crippen molar-refractivity contribution in [3.63, 3.8) is 0 Å². The maximum Gasteiger partial charge on any atom is 0.415 e. The first kappa shape index (κ1) is 48.7. The zero-order chi connectivity index (χ0) is 54.5. The van der Waals surface area contributed by atoms with E-state index in [0.29, 0.717) is 136 Å². The zero-order valence-corrected chi connectivity index (χ0v) is 43.1. The second-order valence-electron chi connectivity index (χ2n) is 18.9. The van der Waals surface area contributed by atoms with Gasteiger partial charge in [-0.15, -0.1) is 0 Å². The van der Waals surface area contributed by atoms with Gasteiger partial charge in [-0.1, -0.05) is 18.2 Å². The van der Waals surface area contributed by atoms with Crippen LogP contribution in [-0.4, -0.2) is 68.9 Å². The van der Waals surface area contributed by atoms with Crippen molar-refractivity contribution in [3.8, 4) is 74.1 Å². The lowest BCUT2D eigenvalue weighted by molar-refractivity contribution is -0.137. The fourth-order valence-electron chi connectivity index (χ4n) is 10.5. The molecular formula is C59H41F3N16. The summed E-state index contributed by atoms with van der Waals surface area (Å²) in [6, 6.07) is 32.0. The SMILES string of the molecule is [C-]#[N+]c1cccc(C(F)(F)F)c1-c1cc(-n2c3ccc(-c4nc(C)nc(C)n4)cc3c3cc(-c4nc(C)nc(C)n4)ccc32)c(C#N)c(-n2c3ccc(-c4nc(C)nc(C)n4)cc3c3cc(-c4nc(C)nc(C)n4)ccc32)c1. The van der Waals surface area contributed by atoms with Gasteiger partial charge in [0.05, 0.1) is 45.6 Å². The summed E-state index contributed by atoms with van der Waals surface area (Å²) in [6.07, 6.45) is -4.88. The van der Waals surface area contributed by atoms with E-state index in [1.165, 1.54) is 12.1 Å². The van der Waals surface area contributed by atoms with E-state index in [-0.39, 0.29) is 33.8 Å². The minimum Gasteiger partial charge on any atom is -0.308 e. The Morgan fingerprint density at radius 3 is 1.00 bits per heavy atom. The monoisotopic (exact) mass is 1030 g/mol. The smallest absolute Gasteiger partial charge is 0.308 e. The van der Waals surface area contributed by atoms with Crippen molar-refractivity contribution in [1.82, 2.24) is 68.9 Å². The van der Waals surface area contributed by atoms with Crippen LogP contribution in [0.25, 0.3) is 117 Å². The standard InChI is InChI=1S/C59H41F3N16/c1-28-65-29(2)70-55(69-28)36-13-17-48-41(21-36)42-22-37(56-71-30(3)66-31(4)72-56)14-18-49(42)77(48)52-25-40(54-46(59(60,61)62)11-10-12-47(54)64-9)26-53(45(52)27-63)78-50-19-15-38(57-73-32(5)67-33(6)74-57)23-43(50)44-24-39(16-20-51(44)78)58-75-34(7)68-35(8)76-58/h10-26H,1-8H3. The molecule has 0 aliphatic rings. The minimum atomic E-state index is -4.88. The quantitative estimate of drug-likeness (QED) is 0.137. The highest BCUT2D eigenvalue weighted by Gasteiger charge is 2.36. The Hall–Kier alpha value is -10.3. The van der Waals surface area contributed by atoms with Crippen LogP contribution in [0.1, 0.15) is 57.7 Å². The van der Waals surface area contributed by atoms with Gasteiger partial charge in [-0.3, -0.25) is 0 Å². The molecule has 0 fully saturated rings. The van der Waals surface area contributed by atoms with Gasteiger partial charge in [0.1, 0.15) is 58.2 Å². The highest BCUT2D eigenvalue weighted by molar-refractivity contribution is 6.13. The van der Waals surface area contributed by atoms with Crippen LogP contribution in [0.3, 0.4) is 0 Å². The van der Waals surface area contributed by atoms with Crippen molar-refractivity contribution in [1.29, 1.82) is 5.26 Å². The van der Waals surface area contributed by atoms with Gasteiger partial charge in [-0.25, -0.2) is 64.7 Å². The summed E-state index contributed by atoms with van der Waals surface area (Å²) in [6.45, 7) is 22.6. The molecule has 19 heteroatoms. The van der Waals surface area contributed by atoms with Crippen LogP contribution >= 0.6 is 0 Å². The zero-order valence-electron chi connectivity index (χ0n) is 43.1. The average Bonchev–Trinajstić information content (AvgIpc) is 3.90. The van der Waals surface area contributed by atoms with Gasteiger partial charge in [0.25, 0.3) is 0 Å². The summed E-state index contributed by atoms with van der Waals surface area (Å²) in [4.78, 5) is 58.6. The van der Waals surface area contributed by atoms with Crippen LogP contribution in [0, 0.1) is 73.3 Å². The summed E-state index contributed by atoms with van der Waals surface area (Å²) in [5, 5.41) is 14.7. The molecule has 12 rings (SSSR count). The molecule has 0 aliphatic heterocycles. The number of nitrogens with zero attached hydrogens (tertiary/aromatic N) is 16. The molecule has 6 aromatic heterocycles. The molecule has 0 radical (unpaired) electrons. The predicted octanol–water partition coefficient (Wildman–Crippen LogP) is 12.9. The Kier molecular flexibility index (Phi) is 11.4. The lowest BCUT2D eigenvalue weighted by atomic mass is 9.94. The van der Waals surface area contributed by atoms with E-state index in [0.717, 1.165) is 6.07 Å². The largest absolute Gasteiger partial charge is 0.415 e. The van der Waals surface area contributed by atoms with Crippen molar-refractivity contribution in [2.24, 2.45) is 0 Å². The van der Waals surface area contributed by atoms with Gasteiger partial charge in [-0.2, -0.15) is 18.4 Å². The highest BCUT2D eigenvalue weighted by atomic mass is 19.4. The Balaban J connectivity index is 1.22. The summed E-state index contributed by atoms with van der Waals surface area (Å²) < 4.78 is 50.2. The van der Waals surface area contributed by atoms with Crippen molar-refractivity contribution in [2.45, 2.75) is 61.6 Å². The molecule has 6 heterocycles. The Labute approximate surface area is 443 Å². The molecule has 0 aliphatic carbocycles. The molecule has 378 valence electrons. The normalized spacial score (nSPS) is 11.8. The summed E-state index contributed by atoms with van der Waals surface area (Å²) in [5.74, 6) is 6.06. The molecule has 6 aromatic carbocycles. The van der Waals surface area contributed by atoms with Gasteiger partial charge in [0.2, 0.25) is 0 Å². The fraction of sp³-hybridized carbons (Fsp3) is 0.153. The first-order valence-electron chi connectivity index (χ1n) is 24.5. The number of aromatic nitrogens is 14. The van der Waals surface area contributed by atoms with Crippen LogP contribution in [0.4, 0.5) is 18.9 Å². The van der Waals surface area contributed by atoms with Crippen molar-refractivity contribution in [3.05, 3.63) is 172 Å². The summed E-state index contributed by atoms with van der Waals surface area (Å²) in [5.41, 5.74) is 4.20. The van der Waals surface area contributed by atoms with Crippen molar-refractivity contribution in [2.75, 3.05) is 0 Å². The van der Waals surface area contributed by atoms with Crippen LogP contribution in [-0.2, 0) is 6.18 Å². The third-order valence-electron chi connectivity index (χ3n) is 13.4. The van der Waals surface area contributed by atoms with Crippen LogP contribution in [0.15, 0.2) is 103 Å². The van der Waals surface area contributed by atoms with Crippen molar-refractivity contribution >= 4 is 49.3 Å². The Morgan fingerprint density at radius 2 is 0.731 bits per heavy atom. The second kappa shape index (κ2) is 18.2. The van der Waals surface area contributed by atoms with Crippen LogP contribution in [0.2, 0.25) is 0 Å². The Morgan fingerprint density at radius 1 is 0.423 bits per heavy atom. The molecule has 0 unspecified atom stereocenters. The Bertz CT molecular complexity index is 4090. The third kappa shape index (κ3) is 8.34. The molecule has 78 heavy (non-hydrogen) atoms. The lowest BCUT2D eigenvalue weighted by Gasteiger charge is -2.21. The van der Waals surface area contributed by atoms with E-state index in [1.807, 2.05) is 81.9 Å². The lowest BCUT2D eigenvalue weighted by Crippen LogP contribution is -2.09. The molecule has 0 bridgehead atoms. The molecule has 0 amide bonds. The van der Waals surface area contributed by atoms with Gasteiger partial charge < -0.3 is 9.13 Å². The number of alkyl halides is 3. The number of hydrogen-bond acceptors (Lipinski definition) is 13. The molecule has 0 spiro atoms. The molecule has 0 atom stereocenters. The van der Waals surface area contributed by atoms with E-state index in [4.69, 9.17) is 6.57 Å². The van der Waals surface area contributed by atoms with E-state index < -0.39 is 11.7 Å². The van der Waals surface area contributed by atoms with Gasteiger partial charge >= 0.3 is 6.18 Å². The maximum absolute atomic E-state index is 15.5. The van der Waals surface area contributed by atoms with Crippen LogP contribution in [0.5, 0.6) is 0 Å². The number of aryl methyl sites for hydroxylation is 8. The summed E-state index contributed by atoms with van der Waals surface area (Å²) in [7, 11) is 0. The molecular weight excluding hydrogens is 990 g/mol. The van der Waals surface area contributed by atoms with Gasteiger partial charge in [-0.05, 0) is 151 Å². The number of fused-ring (bicyclic) bond motifs is 6. The molecule has 0 saturated carbocycles. The fourth-order valence-corrected chi connectivity index (χ4v) is 10.5. The third-order valence-corrected chi connectivity index (χ3v) is 13.4. The van der Waals surface area contributed by atoms with E-state index in [2.05, 4.69) is 70.7 Å². The topological polar surface area (TPSA) is 193 Å². The number of hydrogen-bond donors (Lipinski definition) is 0. The van der Waals surface area contributed by atoms with Crippen LogP contribution < -0.4 is 0 Å². The number of halogens is 3. The molecule has 0 saturated heterocycles. The van der Waals surface area contributed by atoms with Crippen molar-refractivity contribution < 1.29 is 13.2 Å². The average molecular weight is 1030 g/mol. The highest BCUT2D eigenvalue weighted by Crippen LogP contribution is 2.47. The second-order valence-corrected chi connectivity index (χ2v) is 18.9. The number of benzene rings is 6. The number of nitriles is 1. The van der Waals surface area contributed by atoms with Gasteiger partial charge in [0, 0.05) is 43.8 Å². The predicted molar refractivity (Wildman–Crippen MR) is 290 cm³/mol. The maximum atomic E-state index is 15.5. The van der Waals surface area contributed by atoms with E-state index in [1.54, 1.807) is 67.5 Å². The van der Waals surface area contributed by atoms with E-state index >= 15 is 13.2 Å². The van der Waals surface area contributed by atoms with E-state index in [9.17, 15) is 5.26 Å². The minimum absolute atomic E-state index is 0.0453. The molecule has 12 aromatic rings.